The van der Waals surface area contributed by atoms with Gasteiger partial charge in [-0.3, -0.25) is 9.59 Å². The van der Waals surface area contributed by atoms with Crippen molar-refractivity contribution in [3.8, 4) is 0 Å². The molecule has 6 nitrogen and oxygen atoms in total. The van der Waals surface area contributed by atoms with Crippen LogP contribution in [-0.2, 0) is 4.79 Å². The van der Waals surface area contributed by atoms with Gasteiger partial charge in [-0.2, -0.15) is 0 Å². The molecule has 1 saturated heterocycles. The maximum Gasteiger partial charge on any atom is 0.254 e. The molecule has 0 radical (unpaired) electrons. The number of nitrogens with zero attached hydrogens (tertiary/aromatic N) is 2. The molecule has 2 aromatic carbocycles. The normalized spacial score (nSPS) is 27.5. The summed E-state index contributed by atoms with van der Waals surface area (Å²) in [7, 11) is 0. The highest BCUT2D eigenvalue weighted by atomic mass is 32.1. The zero-order chi connectivity index (χ0) is 20.9. The fourth-order valence-electron chi connectivity index (χ4n) is 5.18. The van der Waals surface area contributed by atoms with E-state index in [4.69, 9.17) is 0 Å². The number of carbonyl (C=O) groups excluding carboxylic acids is 2. The molecular weight excluding hydrogens is 398 g/mol. The molecular formula is C23H23N3O3S. The molecule has 2 N–H and O–H groups in total. The Morgan fingerprint density at radius 2 is 2.07 bits per heavy atom. The van der Waals surface area contributed by atoms with E-state index in [1.165, 1.54) is 6.92 Å². The fraction of sp³-hybridized carbons (Fsp3) is 0.348. The molecule has 154 valence electrons. The number of fused-ring (bicyclic) bond motifs is 1. The molecule has 1 spiro atoms. The smallest absolute Gasteiger partial charge is 0.254 e. The Morgan fingerprint density at radius 3 is 2.83 bits per heavy atom. The molecule has 7 heteroatoms. The minimum atomic E-state index is -0.631. The largest absolute Gasteiger partial charge is 0.391 e. The first-order valence-electron chi connectivity index (χ1n) is 10.1. The number of hydrogen-bond acceptors (Lipinski definition) is 5. The van der Waals surface area contributed by atoms with E-state index in [2.05, 4.69) is 22.4 Å². The Labute approximate surface area is 178 Å². The van der Waals surface area contributed by atoms with Crippen molar-refractivity contribution in [3.05, 3.63) is 65.2 Å². The predicted molar refractivity (Wildman–Crippen MR) is 115 cm³/mol. The SMILES string of the molecule is CC(=O)NC[C@@H]1[C@@H](c2ccccc2)[C@]12CN(C(=O)c1ccc3scnc3c1)C[C@H]2O. The van der Waals surface area contributed by atoms with Gasteiger partial charge >= 0.3 is 0 Å². The average molecular weight is 422 g/mol. The number of likely N-dealkylation sites (tertiary alicyclic amines) is 1. The molecule has 1 aliphatic heterocycles. The summed E-state index contributed by atoms with van der Waals surface area (Å²) in [6.45, 7) is 2.78. The lowest BCUT2D eigenvalue weighted by Crippen LogP contribution is -2.30. The van der Waals surface area contributed by atoms with Crippen LogP contribution in [0, 0.1) is 11.3 Å². The van der Waals surface area contributed by atoms with E-state index in [9.17, 15) is 14.7 Å². The van der Waals surface area contributed by atoms with Crippen molar-refractivity contribution >= 4 is 33.4 Å². The second kappa shape index (κ2) is 7.18. The third-order valence-electron chi connectivity index (χ3n) is 6.64. The first kappa shape index (κ1) is 19.2. The van der Waals surface area contributed by atoms with Gasteiger partial charge in [0.05, 0.1) is 21.8 Å². The molecule has 0 bridgehead atoms. The molecule has 2 fully saturated rings. The van der Waals surface area contributed by atoms with E-state index < -0.39 is 11.5 Å². The molecule has 2 aliphatic rings. The maximum absolute atomic E-state index is 13.2. The number of benzene rings is 2. The number of β-amino-alcohol motifs (C(OH)–C–C–N with tert-alkyl or cyclic N) is 1. The Kier molecular flexibility index (Phi) is 4.60. The lowest BCUT2D eigenvalue weighted by atomic mass is 9.95. The Hall–Kier alpha value is -2.77. The van der Waals surface area contributed by atoms with E-state index in [1.807, 2.05) is 36.4 Å². The first-order chi connectivity index (χ1) is 14.5. The van der Waals surface area contributed by atoms with Gasteiger partial charge in [0.25, 0.3) is 5.91 Å². The monoisotopic (exact) mass is 421 g/mol. The minimum absolute atomic E-state index is 0.0825. The standard InChI is InChI=1S/C23H23N3O3S/c1-14(27)24-10-17-21(15-5-3-2-4-6-15)23(17)12-26(11-20(23)28)22(29)16-7-8-19-18(9-16)25-13-30-19/h2-9,13,17,20-21,28H,10-12H2,1H3,(H,24,27)/t17-,20-,21-,23-/m1/s1. The summed E-state index contributed by atoms with van der Waals surface area (Å²) in [5.41, 5.74) is 3.90. The molecule has 0 unspecified atom stereocenters. The van der Waals surface area contributed by atoms with Crippen LogP contribution >= 0.6 is 11.3 Å². The summed E-state index contributed by atoms with van der Waals surface area (Å²) in [4.78, 5) is 30.8. The van der Waals surface area contributed by atoms with E-state index in [-0.39, 0.29) is 23.7 Å². The molecule has 2 amide bonds. The number of rotatable bonds is 4. The molecule has 1 aromatic heterocycles. The highest BCUT2D eigenvalue weighted by Crippen LogP contribution is 2.68. The minimum Gasteiger partial charge on any atom is -0.391 e. The van der Waals surface area contributed by atoms with Gasteiger partial charge in [0, 0.05) is 37.5 Å². The summed E-state index contributed by atoms with van der Waals surface area (Å²) >= 11 is 1.55. The van der Waals surface area contributed by atoms with Crippen molar-refractivity contribution in [1.29, 1.82) is 0 Å². The van der Waals surface area contributed by atoms with Crippen molar-refractivity contribution in [2.45, 2.75) is 18.9 Å². The number of aromatic nitrogens is 1. The number of carbonyl (C=O) groups is 2. The summed E-state index contributed by atoms with van der Waals surface area (Å²) < 4.78 is 1.05. The molecule has 2 heterocycles. The second-order valence-corrected chi connectivity index (χ2v) is 9.17. The Morgan fingerprint density at radius 1 is 1.27 bits per heavy atom. The van der Waals surface area contributed by atoms with E-state index in [0.717, 1.165) is 15.8 Å². The predicted octanol–water partition coefficient (Wildman–Crippen LogP) is 2.65. The average Bonchev–Trinajstić information content (AvgIpc) is 3.01. The van der Waals surface area contributed by atoms with Gasteiger partial charge in [0.1, 0.15) is 0 Å². The Balaban J connectivity index is 1.42. The first-order valence-corrected chi connectivity index (χ1v) is 11.0. The van der Waals surface area contributed by atoms with Crippen molar-refractivity contribution in [1.82, 2.24) is 15.2 Å². The maximum atomic E-state index is 13.2. The highest BCUT2D eigenvalue weighted by molar-refractivity contribution is 7.16. The van der Waals surface area contributed by atoms with Crippen LogP contribution in [0.15, 0.2) is 54.0 Å². The molecule has 1 saturated carbocycles. The number of nitrogens with one attached hydrogen (secondary N) is 1. The van der Waals surface area contributed by atoms with E-state index >= 15 is 0 Å². The van der Waals surface area contributed by atoms with Crippen molar-refractivity contribution in [2.24, 2.45) is 11.3 Å². The number of aliphatic hydroxyl groups excluding tert-OH is 1. The molecule has 30 heavy (non-hydrogen) atoms. The van der Waals surface area contributed by atoms with Crippen molar-refractivity contribution in [3.63, 3.8) is 0 Å². The van der Waals surface area contributed by atoms with Crippen molar-refractivity contribution < 1.29 is 14.7 Å². The van der Waals surface area contributed by atoms with E-state index in [1.54, 1.807) is 21.7 Å². The third-order valence-corrected chi connectivity index (χ3v) is 7.45. The number of aliphatic hydroxyl groups is 1. The van der Waals surface area contributed by atoms with Gasteiger partial charge in [-0.25, -0.2) is 4.98 Å². The van der Waals surface area contributed by atoms with E-state index in [0.29, 0.717) is 25.2 Å². The number of thiazole rings is 1. The zero-order valence-corrected chi connectivity index (χ0v) is 17.4. The van der Waals surface area contributed by atoms with Crippen LogP contribution in [0.25, 0.3) is 10.2 Å². The van der Waals surface area contributed by atoms with Crippen LogP contribution in [0.2, 0.25) is 0 Å². The zero-order valence-electron chi connectivity index (χ0n) is 16.6. The van der Waals surface area contributed by atoms with Crippen LogP contribution in [0.3, 0.4) is 0 Å². The molecule has 4 atom stereocenters. The van der Waals surface area contributed by atoms with Gasteiger partial charge in [0.2, 0.25) is 5.91 Å². The number of amides is 2. The summed E-state index contributed by atoms with van der Waals surface area (Å²) in [6, 6.07) is 15.6. The molecule has 5 rings (SSSR count). The van der Waals surface area contributed by atoms with Gasteiger partial charge in [0.15, 0.2) is 0 Å². The fourth-order valence-corrected chi connectivity index (χ4v) is 5.84. The lowest BCUT2D eigenvalue weighted by molar-refractivity contribution is -0.119. The van der Waals surface area contributed by atoms with Gasteiger partial charge in [-0.1, -0.05) is 30.3 Å². The topological polar surface area (TPSA) is 82.5 Å². The van der Waals surface area contributed by atoms with Crippen LogP contribution in [-0.4, -0.2) is 52.5 Å². The van der Waals surface area contributed by atoms with Gasteiger partial charge < -0.3 is 15.3 Å². The van der Waals surface area contributed by atoms with Crippen LogP contribution < -0.4 is 5.32 Å². The quantitative estimate of drug-likeness (QED) is 0.679. The Bertz CT molecular complexity index is 1120. The van der Waals surface area contributed by atoms with Crippen molar-refractivity contribution in [2.75, 3.05) is 19.6 Å². The summed E-state index contributed by atoms with van der Waals surface area (Å²) in [5.74, 6) is 0.0376. The van der Waals surface area contributed by atoms with Gasteiger partial charge in [-0.15, -0.1) is 11.3 Å². The summed E-state index contributed by atoms with van der Waals surface area (Å²) in [5, 5.41) is 14.0. The van der Waals surface area contributed by atoms with Gasteiger partial charge in [-0.05, 0) is 35.6 Å². The lowest BCUT2D eigenvalue weighted by Gasteiger charge is -2.17. The summed E-state index contributed by atoms with van der Waals surface area (Å²) in [6.07, 6.45) is -0.631. The van der Waals surface area contributed by atoms with Crippen LogP contribution in [0.1, 0.15) is 28.8 Å². The second-order valence-electron chi connectivity index (χ2n) is 8.28. The van der Waals surface area contributed by atoms with Crippen LogP contribution in [0.5, 0.6) is 0 Å². The highest BCUT2D eigenvalue weighted by Gasteiger charge is 2.71. The molecule has 1 aliphatic carbocycles. The molecule has 3 aromatic rings. The third kappa shape index (κ3) is 3.00. The van der Waals surface area contributed by atoms with Crippen LogP contribution in [0.4, 0.5) is 0 Å². The number of hydrogen-bond donors (Lipinski definition) is 2.